The monoisotopic (exact) mass is 304 g/mol. The first-order chi connectivity index (χ1) is 9.06. The van der Waals surface area contributed by atoms with Gasteiger partial charge in [0.15, 0.2) is 0 Å². The maximum absolute atomic E-state index is 12.0. The summed E-state index contributed by atoms with van der Waals surface area (Å²) in [6, 6.07) is -0.0319. The van der Waals surface area contributed by atoms with Crippen molar-refractivity contribution < 1.29 is 18.0 Å². The summed E-state index contributed by atoms with van der Waals surface area (Å²) in [5.41, 5.74) is 0. The molecular formula is C13H24N2O4S. The first-order valence-corrected chi connectivity index (χ1v) is 8.40. The molecule has 0 saturated heterocycles. The Bertz CT molecular complexity index is 479. The van der Waals surface area contributed by atoms with E-state index in [-0.39, 0.29) is 17.9 Å². The summed E-state index contributed by atoms with van der Waals surface area (Å²) in [6.45, 7) is 6.40. The second-order valence-electron chi connectivity index (χ2n) is 6.21. The van der Waals surface area contributed by atoms with Gasteiger partial charge in [-0.2, -0.15) is 0 Å². The molecule has 7 heteroatoms. The molecular weight excluding hydrogens is 280 g/mol. The Morgan fingerprint density at radius 1 is 1.20 bits per heavy atom. The predicted octanol–water partition coefficient (Wildman–Crippen LogP) is 0.926. The summed E-state index contributed by atoms with van der Waals surface area (Å²) in [7, 11) is -3.67. The first-order valence-electron chi connectivity index (χ1n) is 6.92. The van der Waals surface area contributed by atoms with Crippen LogP contribution in [-0.2, 0) is 19.6 Å². The Hall–Kier alpha value is -1.11. The minimum atomic E-state index is -3.67. The van der Waals surface area contributed by atoms with Gasteiger partial charge in [0.25, 0.3) is 0 Å². The molecule has 0 radical (unpaired) electrons. The smallest absolute Gasteiger partial charge is 0.239 e. The normalized spacial score (nSPS) is 23.4. The summed E-state index contributed by atoms with van der Waals surface area (Å²) in [4.78, 5) is 23.3. The Labute approximate surface area is 120 Å². The number of hydrogen-bond donors (Lipinski definition) is 2. The minimum Gasteiger partial charge on any atom is -0.353 e. The van der Waals surface area contributed by atoms with Gasteiger partial charge in [-0.05, 0) is 40.0 Å². The molecule has 1 aliphatic carbocycles. The minimum absolute atomic E-state index is 0.0319. The molecule has 0 spiro atoms. The quantitative estimate of drug-likeness (QED) is 0.808. The topological polar surface area (TPSA) is 92.3 Å². The van der Waals surface area contributed by atoms with Crippen LogP contribution in [0.15, 0.2) is 0 Å². The highest BCUT2D eigenvalue weighted by Crippen LogP contribution is 2.26. The van der Waals surface area contributed by atoms with E-state index in [1.54, 1.807) is 27.7 Å². The predicted molar refractivity (Wildman–Crippen MR) is 76.4 cm³/mol. The van der Waals surface area contributed by atoms with Gasteiger partial charge in [-0.15, -0.1) is 0 Å². The van der Waals surface area contributed by atoms with E-state index in [4.69, 9.17) is 0 Å². The van der Waals surface area contributed by atoms with Crippen molar-refractivity contribution in [2.75, 3.05) is 0 Å². The molecule has 1 fully saturated rings. The van der Waals surface area contributed by atoms with Crippen molar-refractivity contribution in [3.8, 4) is 0 Å². The molecule has 2 N–H and O–H groups in total. The van der Waals surface area contributed by atoms with Gasteiger partial charge in [0.2, 0.25) is 21.8 Å². The molecule has 20 heavy (non-hydrogen) atoms. The highest BCUT2D eigenvalue weighted by molar-refractivity contribution is 7.91. The van der Waals surface area contributed by atoms with Crippen LogP contribution in [-0.4, -0.2) is 31.0 Å². The van der Waals surface area contributed by atoms with Gasteiger partial charge in [0.05, 0.1) is 4.75 Å². The lowest BCUT2D eigenvalue weighted by molar-refractivity contribution is -0.124. The zero-order chi connectivity index (χ0) is 15.6. The van der Waals surface area contributed by atoms with Crippen molar-refractivity contribution in [1.82, 2.24) is 10.0 Å². The van der Waals surface area contributed by atoms with Crippen LogP contribution in [0, 0.1) is 5.92 Å². The molecule has 2 amide bonds. The number of carbonyl (C=O) groups is 2. The van der Waals surface area contributed by atoms with Crippen molar-refractivity contribution in [2.24, 2.45) is 5.92 Å². The molecule has 0 heterocycles. The van der Waals surface area contributed by atoms with Gasteiger partial charge in [0, 0.05) is 18.4 Å². The number of carbonyl (C=O) groups excluding carboxylic acids is 2. The highest BCUT2D eigenvalue weighted by atomic mass is 32.2. The third-order valence-electron chi connectivity index (χ3n) is 3.53. The number of sulfonamides is 1. The van der Waals surface area contributed by atoms with Crippen molar-refractivity contribution in [3.05, 3.63) is 0 Å². The molecule has 6 nitrogen and oxygen atoms in total. The van der Waals surface area contributed by atoms with Crippen LogP contribution in [0.1, 0.15) is 53.4 Å². The van der Waals surface area contributed by atoms with E-state index in [1.165, 1.54) is 0 Å². The molecule has 0 aromatic rings. The van der Waals surface area contributed by atoms with Crippen LogP contribution >= 0.6 is 0 Å². The molecule has 0 aromatic carbocycles. The molecule has 1 saturated carbocycles. The van der Waals surface area contributed by atoms with E-state index >= 15 is 0 Å². The van der Waals surface area contributed by atoms with Crippen LogP contribution in [0.4, 0.5) is 0 Å². The molecule has 0 aromatic heterocycles. The second-order valence-corrected chi connectivity index (χ2v) is 8.65. The Kier molecular flexibility index (Phi) is 5.18. The maximum atomic E-state index is 12.0. The average molecular weight is 304 g/mol. The van der Waals surface area contributed by atoms with Crippen molar-refractivity contribution in [3.63, 3.8) is 0 Å². The lowest BCUT2D eigenvalue weighted by atomic mass is 10.1. The summed E-state index contributed by atoms with van der Waals surface area (Å²) >= 11 is 0. The molecule has 1 aliphatic rings. The van der Waals surface area contributed by atoms with Crippen LogP contribution < -0.4 is 10.0 Å². The zero-order valence-corrected chi connectivity index (χ0v) is 13.3. The maximum Gasteiger partial charge on any atom is 0.239 e. The van der Waals surface area contributed by atoms with E-state index in [9.17, 15) is 18.0 Å². The molecule has 2 atom stereocenters. The van der Waals surface area contributed by atoms with Gasteiger partial charge in [-0.1, -0.05) is 6.92 Å². The first kappa shape index (κ1) is 16.9. The lowest BCUT2D eigenvalue weighted by Crippen LogP contribution is -2.44. The van der Waals surface area contributed by atoms with E-state index in [2.05, 4.69) is 10.0 Å². The van der Waals surface area contributed by atoms with Gasteiger partial charge in [-0.25, -0.2) is 8.42 Å². The summed E-state index contributed by atoms with van der Waals surface area (Å²) in [6.07, 6.45) is 2.21. The summed E-state index contributed by atoms with van der Waals surface area (Å²) < 4.78 is 25.0. The van der Waals surface area contributed by atoms with Gasteiger partial charge in [0.1, 0.15) is 0 Å². The number of rotatable bonds is 4. The van der Waals surface area contributed by atoms with Crippen LogP contribution in [0.2, 0.25) is 0 Å². The van der Waals surface area contributed by atoms with Gasteiger partial charge >= 0.3 is 0 Å². The van der Waals surface area contributed by atoms with Crippen molar-refractivity contribution in [2.45, 2.75) is 64.2 Å². The van der Waals surface area contributed by atoms with E-state index in [0.29, 0.717) is 25.7 Å². The molecule has 1 rings (SSSR count). The fourth-order valence-corrected chi connectivity index (χ4v) is 2.79. The average Bonchev–Trinajstić information content (AvgIpc) is 2.75. The lowest BCUT2D eigenvalue weighted by Gasteiger charge is -2.21. The fourth-order valence-electron chi connectivity index (χ4n) is 2.05. The Morgan fingerprint density at radius 3 is 2.30 bits per heavy atom. The summed E-state index contributed by atoms with van der Waals surface area (Å²) in [5.74, 6) is -0.860. The standard InChI is InChI=1S/C13H24N2O4S/c1-5-11(16)14-10-7-6-9(8-10)12(17)15-20(18,19)13(2,3)4/h9-10H,5-8H2,1-4H3,(H,14,16)(H,15,17)/t9-,10+/m0/s1. The van der Waals surface area contributed by atoms with Crippen molar-refractivity contribution in [1.29, 1.82) is 0 Å². The molecule has 0 aliphatic heterocycles. The van der Waals surface area contributed by atoms with Crippen LogP contribution in [0.3, 0.4) is 0 Å². The number of nitrogens with one attached hydrogen (secondary N) is 2. The van der Waals surface area contributed by atoms with E-state index < -0.39 is 20.7 Å². The van der Waals surface area contributed by atoms with Crippen LogP contribution in [0.25, 0.3) is 0 Å². The number of hydrogen-bond acceptors (Lipinski definition) is 4. The molecule has 116 valence electrons. The molecule has 0 bridgehead atoms. The summed E-state index contributed by atoms with van der Waals surface area (Å²) in [5, 5.41) is 2.84. The highest BCUT2D eigenvalue weighted by Gasteiger charge is 2.36. The van der Waals surface area contributed by atoms with E-state index in [1.807, 2.05) is 0 Å². The van der Waals surface area contributed by atoms with Crippen molar-refractivity contribution >= 4 is 21.8 Å². The largest absolute Gasteiger partial charge is 0.353 e. The SMILES string of the molecule is CCC(=O)N[C@@H]1CC[C@H](C(=O)NS(=O)(=O)C(C)(C)C)C1. The third kappa shape index (κ3) is 4.19. The fraction of sp³-hybridized carbons (Fsp3) is 0.846. The van der Waals surface area contributed by atoms with Gasteiger partial charge < -0.3 is 5.32 Å². The molecule has 0 unspecified atom stereocenters. The Balaban J connectivity index is 2.57. The van der Waals surface area contributed by atoms with E-state index in [0.717, 1.165) is 0 Å². The Morgan fingerprint density at radius 2 is 1.80 bits per heavy atom. The number of amides is 2. The van der Waals surface area contributed by atoms with Gasteiger partial charge in [-0.3, -0.25) is 14.3 Å². The zero-order valence-electron chi connectivity index (χ0n) is 12.5. The second kappa shape index (κ2) is 6.11. The van der Waals surface area contributed by atoms with Crippen LogP contribution in [0.5, 0.6) is 0 Å². The third-order valence-corrected chi connectivity index (χ3v) is 5.61.